The van der Waals surface area contributed by atoms with Crippen molar-refractivity contribution in [1.29, 1.82) is 0 Å². The molecule has 3 rings (SSSR count). The number of methoxy groups -OCH3 is 2. The molecule has 0 aliphatic rings. The predicted octanol–water partition coefficient (Wildman–Crippen LogP) is 3.75. The highest BCUT2D eigenvalue weighted by atomic mass is 16.5. The van der Waals surface area contributed by atoms with Crippen LogP contribution in [0.3, 0.4) is 0 Å². The summed E-state index contributed by atoms with van der Waals surface area (Å²) in [7, 11) is 3.20. The Labute approximate surface area is 165 Å². The van der Waals surface area contributed by atoms with Crippen LogP contribution in [0.1, 0.15) is 40.0 Å². The number of aromatic nitrogens is 2. The minimum Gasteiger partial charge on any atom is -0.493 e. The molecular weight excluding hydrogens is 354 g/mol. The molecule has 1 aromatic heterocycles. The number of hydrogen-bond donors (Lipinski definition) is 1. The van der Waals surface area contributed by atoms with E-state index in [0.717, 1.165) is 16.7 Å². The molecule has 0 aliphatic carbocycles. The number of ether oxygens (including phenoxy) is 2. The van der Waals surface area contributed by atoms with Crippen molar-refractivity contribution in [2.24, 2.45) is 0 Å². The van der Waals surface area contributed by atoms with E-state index in [4.69, 9.17) is 9.47 Å². The Morgan fingerprint density at radius 3 is 2.50 bits per heavy atom. The number of rotatable bonds is 7. The van der Waals surface area contributed by atoms with E-state index < -0.39 is 0 Å². The molecule has 146 valence electrons. The monoisotopic (exact) mass is 379 g/mol. The van der Waals surface area contributed by atoms with Crippen LogP contribution in [0.4, 0.5) is 0 Å². The number of benzene rings is 2. The quantitative estimate of drug-likeness (QED) is 0.679. The minimum atomic E-state index is -0.190. The summed E-state index contributed by atoms with van der Waals surface area (Å²) >= 11 is 0. The molecule has 2 aromatic carbocycles. The van der Waals surface area contributed by atoms with E-state index in [0.29, 0.717) is 23.6 Å². The van der Waals surface area contributed by atoms with Gasteiger partial charge in [-0.3, -0.25) is 9.48 Å². The van der Waals surface area contributed by atoms with Gasteiger partial charge in [-0.25, -0.2) is 0 Å². The van der Waals surface area contributed by atoms with E-state index in [9.17, 15) is 4.79 Å². The lowest BCUT2D eigenvalue weighted by Crippen LogP contribution is -2.27. The number of carbonyl (C=O) groups excluding carboxylic acids is 1. The van der Waals surface area contributed by atoms with Crippen LogP contribution in [-0.4, -0.2) is 29.9 Å². The zero-order valence-electron chi connectivity index (χ0n) is 16.6. The SMILES string of the molecule is COc1cc(C)c(C(C)NC(=O)c2cnn(Cc3ccccc3)c2)cc1OC. The molecular formula is C22H25N3O3. The number of amides is 1. The van der Waals surface area contributed by atoms with Crippen LogP contribution < -0.4 is 14.8 Å². The number of nitrogens with one attached hydrogen (secondary N) is 1. The van der Waals surface area contributed by atoms with Gasteiger partial charge in [-0.2, -0.15) is 5.10 Å². The van der Waals surface area contributed by atoms with Crippen LogP contribution in [0.15, 0.2) is 54.9 Å². The van der Waals surface area contributed by atoms with Crippen molar-refractivity contribution in [2.45, 2.75) is 26.4 Å². The molecule has 1 N–H and O–H groups in total. The van der Waals surface area contributed by atoms with E-state index >= 15 is 0 Å². The first kappa shape index (κ1) is 19.5. The van der Waals surface area contributed by atoms with Gasteiger partial charge in [-0.15, -0.1) is 0 Å². The maximum atomic E-state index is 12.7. The highest BCUT2D eigenvalue weighted by Gasteiger charge is 2.17. The van der Waals surface area contributed by atoms with Gasteiger partial charge in [0.1, 0.15) is 0 Å². The Bertz CT molecular complexity index is 951. The van der Waals surface area contributed by atoms with Gasteiger partial charge in [-0.1, -0.05) is 30.3 Å². The lowest BCUT2D eigenvalue weighted by molar-refractivity contribution is 0.0939. The van der Waals surface area contributed by atoms with E-state index in [-0.39, 0.29) is 11.9 Å². The normalized spacial score (nSPS) is 11.7. The first-order valence-corrected chi connectivity index (χ1v) is 9.11. The summed E-state index contributed by atoms with van der Waals surface area (Å²) in [5.41, 5.74) is 3.65. The molecule has 1 heterocycles. The summed E-state index contributed by atoms with van der Waals surface area (Å²) < 4.78 is 12.5. The largest absolute Gasteiger partial charge is 0.493 e. The zero-order valence-corrected chi connectivity index (χ0v) is 16.6. The third kappa shape index (κ3) is 4.34. The Kier molecular flexibility index (Phi) is 5.99. The van der Waals surface area contributed by atoms with Crippen molar-refractivity contribution in [2.75, 3.05) is 14.2 Å². The molecule has 0 bridgehead atoms. The fourth-order valence-corrected chi connectivity index (χ4v) is 3.16. The molecule has 28 heavy (non-hydrogen) atoms. The van der Waals surface area contributed by atoms with Crippen molar-refractivity contribution in [3.05, 3.63) is 77.1 Å². The van der Waals surface area contributed by atoms with Gasteiger partial charge in [0.15, 0.2) is 11.5 Å². The number of carbonyl (C=O) groups is 1. The molecule has 0 spiro atoms. The fraction of sp³-hybridized carbons (Fsp3) is 0.273. The first-order chi connectivity index (χ1) is 13.5. The van der Waals surface area contributed by atoms with Crippen LogP contribution >= 0.6 is 0 Å². The Hall–Kier alpha value is -3.28. The van der Waals surface area contributed by atoms with Crippen molar-refractivity contribution < 1.29 is 14.3 Å². The van der Waals surface area contributed by atoms with Crippen LogP contribution in [0.2, 0.25) is 0 Å². The lowest BCUT2D eigenvalue weighted by atomic mass is 10.0. The molecule has 6 heteroatoms. The molecule has 6 nitrogen and oxygen atoms in total. The number of hydrogen-bond acceptors (Lipinski definition) is 4. The summed E-state index contributed by atoms with van der Waals surface area (Å²) in [6, 6.07) is 13.6. The second-order valence-electron chi connectivity index (χ2n) is 6.67. The van der Waals surface area contributed by atoms with Crippen molar-refractivity contribution in [1.82, 2.24) is 15.1 Å². The van der Waals surface area contributed by atoms with Gasteiger partial charge in [0, 0.05) is 6.20 Å². The number of aryl methyl sites for hydroxylation is 1. The van der Waals surface area contributed by atoms with Gasteiger partial charge >= 0.3 is 0 Å². The van der Waals surface area contributed by atoms with E-state index in [2.05, 4.69) is 10.4 Å². The molecule has 0 saturated heterocycles. The second-order valence-corrected chi connectivity index (χ2v) is 6.67. The van der Waals surface area contributed by atoms with Crippen LogP contribution in [0.5, 0.6) is 11.5 Å². The Morgan fingerprint density at radius 1 is 1.14 bits per heavy atom. The van der Waals surface area contributed by atoms with Crippen LogP contribution in [0, 0.1) is 6.92 Å². The maximum absolute atomic E-state index is 12.7. The lowest BCUT2D eigenvalue weighted by Gasteiger charge is -2.19. The Morgan fingerprint density at radius 2 is 1.82 bits per heavy atom. The van der Waals surface area contributed by atoms with Crippen LogP contribution in [0.25, 0.3) is 0 Å². The van der Waals surface area contributed by atoms with Crippen molar-refractivity contribution in [3.63, 3.8) is 0 Å². The van der Waals surface area contributed by atoms with Gasteiger partial charge in [-0.05, 0) is 42.7 Å². The predicted molar refractivity (Wildman–Crippen MR) is 108 cm³/mol. The average Bonchev–Trinajstić information content (AvgIpc) is 3.17. The summed E-state index contributed by atoms with van der Waals surface area (Å²) in [6.45, 7) is 4.55. The van der Waals surface area contributed by atoms with E-state index in [1.54, 1.807) is 31.3 Å². The molecule has 0 saturated carbocycles. The molecule has 1 unspecified atom stereocenters. The van der Waals surface area contributed by atoms with Gasteiger partial charge < -0.3 is 14.8 Å². The summed E-state index contributed by atoms with van der Waals surface area (Å²) in [5.74, 6) is 1.14. The molecule has 3 aromatic rings. The van der Waals surface area contributed by atoms with Crippen molar-refractivity contribution >= 4 is 5.91 Å². The third-order valence-corrected chi connectivity index (χ3v) is 4.67. The van der Waals surface area contributed by atoms with E-state index in [1.165, 1.54) is 0 Å². The molecule has 1 amide bonds. The molecule has 1 atom stereocenters. The average molecular weight is 379 g/mol. The van der Waals surface area contributed by atoms with Gasteiger partial charge in [0.2, 0.25) is 0 Å². The molecule has 0 fully saturated rings. The number of nitrogens with zero attached hydrogens (tertiary/aromatic N) is 2. The topological polar surface area (TPSA) is 65.4 Å². The summed E-state index contributed by atoms with van der Waals surface area (Å²) in [4.78, 5) is 12.7. The first-order valence-electron chi connectivity index (χ1n) is 9.11. The maximum Gasteiger partial charge on any atom is 0.254 e. The smallest absolute Gasteiger partial charge is 0.254 e. The zero-order chi connectivity index (χ0) is 20.1. The second kappa shape index (κ2) is 8.61. The fourth-order valence-electron chi connectivity index (χ4n) is 3.16. The summed E-state index contributed by atoms with van der Waals surface area (Å²) in [6.07, 6.45) is 3.35. The highest BCUT2D eigenvalue weighted by molar-refractivity contribution is 5.94. The third-order valence-electron chi connectivity index (χ3n) is 4.67. The Balaban J connectivity index is 1.71. The van der Waals surface area contributed by atoms with Gasteiger partial charge in [0.05, 0.1) is 38.6 Å². The highest BCUT2D eigenvalue weighted by Crippen LogP contribution is 2.32. The summed E-state index contributed by atoms with van der Waals surface area (Å²) in [5, 5.41) is 7.33. The molecule has 0 aliphatic heterocycles. The van der Waals surface area contributed by atoms with E-state index in [1.807, 2.05) is 56.3 Å². The van der Waals surface area contributed by atoms with Crippen molar-refractivity contribution in [3.8, 4) is 11.5 Å². The van der Waals surface area contributed by atoms with Gasteiger partial charge in [0.25, 0.3) is 5.91 Å². The standard InChI is InChI=1S/C22H25N3O3/c1-15-10-20(27-3)21(28-4)11-19(15)16(2)24-22(26)18-12-23-25(14-18)13-17-8-6-5-7-9-17/h5-12,14,16H,13H2,1-4H3,(H,24,26). The van der Waals surface area contributed by atoms with Crippen LogP contribution in [-0.2, 0) is 6.54 Å². The molecule has 0 radical (unpaired) electrons. The minimum absolute atomic E-state index is 0.166.